The van der Waals surface area contributed by atoms with Gasteiger partial charge in [-0.2, -0.15) is 0 Å². The summed E-state index contributed by atoms with van der Waals surface area (Å²) in [7, 11) is 1.49. The number of likely N-dealkylation sites (N-methyl/N-ethyl adjacent to an activating group) is 1. The van der Waals surface area contributed by atoms with Crippen LogP contribution in [0.1, 0.15) is 6.92 Å². The highest BCUT2D eigenvalue weighted by molar-refractivity contribution is 6.04. The van der Waals surface area contributed by atoms with E-state index in [1.807, 2.05) is 0 Å². The fourth-order valence-corrected chi connectivity index (χ4v) is 2.32. The number of imide groups is 1. The van der Waals surface area contributed by atoms with E-state index in [1.54, 1.807) is 6.92 Å². The Morgan fingerprint density at radius 3 is 2.43 bits per heavy atom. The van der Waals surface area contributed by atoms with Crippen molar-refractivity contribution in [3.63, 3.8) is 0 Å². The molecule has 0 spiro atoms. The maximum atomic E-state index is 12.0. The Labute approximate surface area is 121 Å². The van der Waals surface area contributed by atoms with E-state index in [2.05, 4.69) is 0 Å². The Kier molecular flexibility index (Phi) is 3.86. The van der Waals surface area contributed by atoms with Crippen LogP contribution in [0.25, 0.3) is 0 Å². The molecule has 2 saturated heterocycles. The molecule has 0 aromatic heterocycles. The molecule has 21 heavy (non-hydrogen) atoms. The molecule has 116 valence electrons. The van der Waals surface area contributed by atoms with Crippen molar-refractivity contribution >= 4 is 23.8 Å². The smallest absolute Gasteiger partial charge is 0.329 e. The quantitative estimate of drug-likeness (QED) is 0.624. The second-order valence-corrected chi connectivity index (χ2v) is 5.50. The van der Waals surface area contributed by atoms with Crippen LogP contribution in [-0.2, 0) is 19.1 Å². The number of hydrogen-bond donors (Lipinski definition) is 1. The van der Waals surface area contributed by atoms with E-state index in [4.69, 9.17) is 9.84 Å². The molecule has 0 bridgehead atoms. The lowest BCUT2D eigenvalue weighted by atomic mass is 9.96. The van der Waals surface area contributed by atoms with Crippen LogP contribution in [0.3, 0.4) is 0 Å². The number of ether oxygens (including phenoxy) is 1. The van der Waals surface area contributed by atoms with Crippen molar-refractivity contribution in [2.75, 3.05) is 39.8 Å². The van der Waals surface area contributed by atoms with Crippen molar-refractivity contribution in [2.24, 2.45) is 0 Å². The third-order valence-electron chi connectivity index (χ3n) is 3.47. The number of nitrogens with zero attached hydrogens (tertiary/aromatic N) is 3. The lowest BCUT2D eigenvalue weighted by molar-refractivity contribution is -0.173. The zero-order valence-electron chi connectivity index (χ0n) is 11.9. The van der Waals surface area contributed by atoms with Gasteiger partial charge in [0.05, 0.1) is 13.1 Å². The first-order chi connectivity index (χ1) is 9.72. The third kappa shape index (κ3) is 3.13. The van der Waals surface area contributed by atoms with Gasteiger partial charge in [0.2, 0.25) is 5.91 Å². The minimum Gasteiger partial charge on any atom is -0.480 e. The van der Waals surface area contributed by atoms with Crippen LogP contribution in [0.15, 0.2) is 0 Å². The highest BCUT2D eigenvalue weighted by Crippen LogP contribution is 2.25. The molecule has 9 heteroatoms. The molecule has 2 rings (SSSR count). The van der Waals surface area contributed by atoms with Crippen LogP contribution in [0.4, 0.5) is 4.79 Å². The van der Waals surface area contributed by atoms with Gasteiger partial charge in [0.15, 0.2) is 0 Å². The molecule has 0 aromatic rings. The van der Waals surface area contributed by atoms with E-state index in [9.17, 15) is 19.2 Å². The Hall–Kier alpha value is -2.16. The number of amides is 4. The van der Waals surface area contributed by atoms with Crippen molar-refractivity contribution < 1.29 is 29.0 Å². The maximum Gasteiger partial charge on any atom is 0.329 e. The molecule has 2 fully saturated rings. The van der Waals surface area contributed by atoms with Gasteiger partial charge >= 0.3 is 12.0 Å². The SMILES string of the molecule is CN1CC(=O)N(CC(=O)N2CC(C)(OCC(=O)O)C2)C1=O. The summed E-state index contributed by atoms with van der Waals surface area (Å²) in [5.74, 6) is -1.83. The highest BCUT2D eigenvalue weighted by Gasteiger charge is 2.44. The molecule has 0 atom stereocenters. The fourth-order valence-electron chi connectivity index (χ4n) is 2.32. The number of rotatable bonds is 5. The first kappa shape index (κ1) is 15.2. The summed E-state index contributed by atoms with van der Waals surface area (Å²) in [5, 5.41) is 8.55. The van der Waals surface area contributed by atoms with E-state index in [0.717, 1.165) is 4.90 Å². The van der Waals surface area contributed by atoms with Crippen molar-refractivity contribution in [3.05, 3.63) is 0 Å². The standard InChI is InChI=1S/C12H17N3O6/c1-12(21-5-10(18)19)6-14(7-12)8(16)4-15-9(17)3-13(2)11(15)20/h3-7H2,1-2H3,(H,18,19). The van der Waals surface area contributed by atoms with Crippen LogP contribution in [0, 0.1) is 0 Å². The van der Waals surface area contributed by atoms with Crippen molar-refractivity contribution in [2.45, 2.75) is 12.5 Å². The van der Waals surface area contributed by atoms with Gasteiger partial charge in [0.25, 0.3) is 5.91 Å². The number of likely N-dealkylation sites (tertiary alicyclic amines) is 1. The van der Waals surface area contributed by atoms with E-state index in [-0.39, 0.29) is 32.1 Å². The maximum absolute atomic E-state index is 12.0. The average Bonchev–Trinajstić information content (AvgIpc) is 2.59. The summed E-state index contributed by atoms with van der Waals surface area (Å²) in [5.41, 5.74) is -0.691. The summed E-state index contributed by atoms with van der Waals surface area (Å²) >= 11 is 0. The molecule has 2 aliphatic heterocycles. The summed E-state index contributed by atoms with van der Waals surface area (Å²) < 4.78 is 5.19. The summed E-state index contributed by atoms with van der Waals surface area (Å²) in [4.78, 5) is 49.2. The fraction of sp³-hybridized carbons (Fsp3) is 0.667. The highest BCUT2D eigenvalue weighted by atomic mass is 16.5. The van der Waals surface area contributed by atoms with Gasteiger partial charge in [-0.15, -0.1) is 0 Å². The summed E-state index contributed by atoms with van der Waals surface area (Å²) in [6, 6.07) is -0.487. The minimum atomic E-state index is -1.07. The van der Waals surface area contributed by atoms with Crippen LogP contribution in [0.2, 0.25) is 0 Å². The van der Waals surface area contributed by atoms with Gasteiger partial charge in [-0.3, -0.25) is 14.5 Å². The molecular weight excluding hydrogens is 282 g/mol. The molecule has 0 aromatic carbocycles. The number of urea groups is 1. The zero-order chi connectivity index (χ0) is 15.8. The Balaban J connectivity index is 1.83. The zero-order valence-corrected chi connectivity index (χ0v) is 11.9. The molecule has 0 unspecified atom stereocenters. The average molecular weight is 299 g/mol. The summed E-state index contributed by atoms with van der Waals surface area (Å²) in [6.45, 7) is 1.45. The largest absolute Gasteiger partial charge is 0.480 e. The van der Waals surface area contributed by atoms with Crippen LogP contribution >= 0.6 is 0 Å². The number of carboxylic acids is 1. The Bertz CT molecular complexity index is 499. The van der Waals surface area contributed by atoms with E-state index >= 15 is 0 Å². The number of carbonyl (C=O) groups excluding carboxylic acids is 3. The lowest BCUT2D eigenvalue weighted by Gasteiger charge is -2.47. The van der Waals surface area contributed by atoms with Gasteiger partial charge in [0, 0.05) is 7.05 Å². The van der Waals surface area contributed by atoms with Crippen LogP contribution in [0.5, 0.6) is 0 Å². The van der Waals surface area contributed by atoms with Gasteiger partial charge in [-0.05, 0) is 6.92 Å². The first-order valence-corrected chi connectivity index (χ1v) is 6.41. The second-order valence-electron chi connectivity index (χ2n) is 5.50. The van der Waals surface area contributed by atoms with E-state index in [1.165, 1.54) is 16.8 Å². The second kappa shape index (κ2) is 5.32. The predicted octanol–water partition coefficient (Wildman–Crippen LogP) is -1.42. The third-order valence-corrected chi connectivity index (χ3v) is 3.47. The summed E-state index contributed by atoms with van der Waals surface area (Å²) in [6.07, 6.45) is 0. The van der Waals surface area contributed by atoms with Crippen molar-refractivity contribution in [1.29, 1.82) is 0 Å². The van der Waals surface area contributed by atoms with Gasteiger partial charge in [0.1, 0.15) is 25.3 Å². The minimum absolute atomic E-state index is 0.0223. The molecule has 0 radical (unpaired) electrons. The topological polar surface area (TPSA) is 107 Å². The Morgan fingerprint density at radius 1 is 1.33 bits per heavy atom. The number of carbonyl (C=O) groups is 4. The number of carboxylic acid groups (broad SMARTS) is 1. The van der Waals surface area contributed by atoms with Gasteiger partial charge < -0.3 is 19.6 Å². The number of aliphatic carboxylic acids is 1. The van der Waals surface area contributed by atoms with Crippen molar-refractivity contribution in [3.8, 4) is 0 Å². The van der Waals surface area contributed by atoms with Gasteiger partial charge in [-0.25, -0.2) is 9.59 Å². The first-order valence-electron chi connectivity index (χ1n) is 6.41. The lowest BCUT2D eigenvalue weighted by Crippen LogP contribution is -2.64. The number of hydrogen-bond acceptors (Lipinski definition) is 5. The molecule has 4 amide bonds. The normalized spacial score (nSPS) is 20.8. The van der Waals surface area contributed by atoms with Crippen LogP contribution < -0.4 is 0 Å². The molecular formula is C12H17N3O6. The molecule has 0 aliphatic carbocycles. The van der Waals surface area contributed by atoms with Crippen molar-refractivity contribution in [1.82, 2.24) is 14.7 Å². The molecule has 2 aliphatic rings. The molecule has 2 heterocycles. The monoisotopic (exact) mass is 299 g/mol. The van der Waals surface area contributed by atoms with Gasteiger partial charge in [-0.1, -0.05) is 0 Å². The molecule has 9 nitrogen and oxygen atoms in total. The molecule has 1 N–H and O–H groups in total. The van der Waals surface area contributed by atoms with Crippen LogP contribution in [-0.4, -0.2) is 89.1 Å². The van der Waals surface area contributed by atoms with E-state index < -0.39 is 30.1 Å². The Morgan fingerprint density at radius 2 is 1.95 bits per heavy atom. The van der Waals surface area contributed by atoms with E-state index in [0.29, 0.717) is 0 Å². The predicted molar refractivity (Wildman–Crippen MR) is 68.3 cm³/mol. The molecule has 0 saturated carbocycles.